The number of rotatable bonds is 4. The molecule has 100 valence electrons. The molecule has 0 unspecified atom stereocenters. The second-order valence-electron chi connectivity index (χ2n) is 5.68. The molecule has 0 spiro atoms. The number of allylic oxidation sites excluding steroid dienone is 1. The Hall–Kier alpha value is -1.48. The van der Waals surface area contributed by atoms with Crippen molar-refractivity contribution >= 4 is 17.5 Å². The summed E-state index contributed by atoms with van der Waals surface area (Å²) in [5.41, 5.74) is 0.883. The zero-order chi connectivity index (χ0) is 13.5. The van der Waals surface area contributed by atoms with Crippen LogP contribution >= 0.6 is 11.6 Å². The van der Waals surface area contributed by atoms with Gasteiger partial charge in [-0.3, -0.25) is 4.79 Å². The number of carbonyl (C=O) groups excluding carboxylic acids is 1. The van der Waals surface area contributed by atoms with Crippen LogP contribution in [-0.4, -0.2) is 18.6 Å². The Labute approximate surface area is 117 Å². The Morgan fingerprint density at radius 2 is 2.16 bits per heavy atom. The second kappa shape index (κ2) is 4.27. The smallest absolute Gasteiger partial charge is 0.251 e. The third-order valence-corrected chi connectivity index (χ3v) is 4.33. The summed E-state index contributed by atoms with van der Waals surface area (Å²) in [7, 11) is 1.65. The van der Waals surface area contributed by atoms with E-state index in [9.17, 15) is 4.79 Å². The summed E-state index contributed by atoms with van der Waals surface area (Å²) in [5, 5.41) is 3.72. The van der Waals surface area contributed by atoms with Crippen LogP contribution in [0.3, 0.4) is 0 Å². The lowest BCUT2D eigenvalue weighted by atomic mass is 9.39. The molecular weight excluding hydrogens is 262 g/mol. The molecule has 0 aliphatic heterocycles. The number of halogens is 1. The van der Waals surface area contributed by atoms with Crippen molar-refractivity contribution in [3.63, 3.8) is 0 Å². The number of amides is 1. The van der Waals surface area contributed by atoms with E-state index in [4.69, 9.17) is 16.3 Å². The van der Waals surface area contributed by atoms with Gasteiger partial charge in [-0.05, 0) is 49.0 Å². The van der Waals surface area contributed by atoms with E-state index in [2.05, 4.69) is 11.4 Å². The Kier molecular flexibility index (Phi) is 2.82. The number of carbonyl (C=O) groups is 1. The molecule has 0 radical (unpaired) electrons. The van der Waals surface area contributed by atoms with Crippen LogP contribution in [0.4, 0.5) is 0 Å². The highest BCUT2D eigenvalue weighted by Gasteiger charge is 2.67. The SMILES string of the molecule is COC=CC12CC(NC(=O)c3cccc(Cl)c3)(C1)C2. The summed E-state index contributed by atoms with van der Waals surface area (Å²) in [6, 6.07) is 7.04. The molecule has 3 aliphatic rings. The van der Waals surface area contributed by atoms with Gasteiger partial charge in [0.25, 0.3) is 5.91 Å². The summed E-state index contributed by atoms with van der Waals surface area (Å²) < 4.78 is 4.95. The van der Waals surface area contributed by atoms with Crippen molar-refractivity contribution in [3.05, 3.63) is 47.2 Å². The minimum absolute atomic E-state index is 0.00250. The van der Waals surface area contributed by atoms with Crippen LogP contribution in [0.2, 0.25) is 5.02 Å². The first-order chi connectivity index (χ1) is 9.06. The van der Waals surface area contributed by atoms with Crippen molar-refractivity contribution in [2.75, 3.05) is 7.11 Å². The van der Waals surface area contributed by atoms with E-state index in [0.717, 1.165) is 19.3 Å². The van der Waals surface area contributed by atoms with Crippen LogP contribution in [0, 0.1) is 5.41 Å². The molecule has 3 fully saturated rings. The standard InChI is InChI=1S/C15H16ClNO2/c1-19-6-5-14-8-15(9-14,10-14)17-13(18)11-3-2-4-12(16)7-11/h2-7H,8-10H2,1H3,(H,17,18). The van der Waals surface area contributed by atoms with Crippen LogP contribution in [0.5, 0.6) is 0 Å². The van der Waals surface area contributed by atoms with Crippen molar-refractivity contribution in [3.8, 4) is 0 Å². The average molecular weight is 278 g/mol. The third kappa shape index (κ3) is 2.12. The molecule has 19 heavy (non-hydrogen) atoms. The van der Waals surface area contributed by atoms with E-state index in [1.165, 1.54) is 0 Å². The summed E-state index contributed by atoms with van der Waals surface area (Å²) >= 11 is 5.89. The van der Waals surface area contributed by atoms with Gasteiger partial charge in [-0.2, -0.15) is 0 Å². The van der Waals surface area contributed by atoms with Crippen LogP contribution in [0.1, 0.15) is 29.6 Å². The fourth-order valence-corrected chi connectivity index (χ4v) is 3.52. The lowest BCUT2D eigenvalue weighted by Crippen LogP contribution is -2.74. The summed E-state index contributed by atoms with van der Waals surface area (Å²) in [6.45, 7) is 0. The van der Waals surface area contributed by atoms with Crippen LogP contribution in [0.15, 0.2) is 36.6 Å². The quantitative estimate of drug-likeness (QED) is 0.859. The number of methoxy groups -OCH3 is 1. The van der Waals surface area contributed by atoms with E-state index < -0.39 is 0 Å². The highest BCUT2D eigenvalue weighted by Crippen LogP contribution is 2.68. The fourth-order valence-electron chi connectivity index (χ4n) is 3.33. The average Bonchev–Trinajstić information content (AvgIpc) is 2.30. The molecule has 0 aromatic heterocycles. The Bertz CT molecular complexity index is 533. The molecule has 1 N–H and O–H groups in total. The van der Waals surface area contributed by atoms with Gasteiger partial charge >= 0.3 is 0 Å². The van der Waals surface area contributed by atoms with E-state index in [1.54, 1.807) is 37.6 Å². The highest BCUT2D eigenvalue weighted by atomic mass is 35.5. The van der Waals surface area contributed by atoms with Gasteiger partial charge in [0.05, 0.1) is 13.4 Å². The predicted molar refractivity (Wildman–Crippen MR) is 74.1 cm³/mol. The number of ether oxygens (including phenoxy) is 1. The molecule has 0 saturated heterocycles. The zero-order valence-corrected chi connectivity index (χ0v) is 11.5. The van der Waals surface area contributed by atoms with Crippen LogP contribution in [-0.2, 0) is 4.74 Å². The third-order valence-electron chi connectivity index (χ3n) is 4.09. The molecule has 1 aromatic rings. The molecule has 4 heteroatoms. The van der Waals surface area contributed by atoms with Gasteiger partial charge in [0.1, 0.15) is 0 Å². The molecule has 0 heterocycles. The zero-order valence-electron chi connectivity index (χ0n) is 10.8. The van der Waals surface area contributed by atoms with Crippen LogP contribution in [0.25, 0.3) is 0 Å². The van der Waals surface area contributed by atoms with Crippen molar-refractivity contribution in [2.24, 2.45) is 5.41 Å². The molecule has 4 rings (SSSR count). The maximum absolute atomic E-state index is 12.1. The first-order valence-corrected chi connectivity index (χ1v) is 6.73. The molecule has 3 nitrogen and oxygen atoms in total. The minimum atomic E-state index is -0.0356. The molecule has 2 bridgehead atoms. The van der Waals surface area contributed by atoms with Gasteiger partial charge in [0.15, 0.2) is 0 Å². The summed E-state index contributed by atoms with van der Waals surface area (Å²) in [6.07, 6.45) is 6.87. The number of hydrogen-bond acceptors (Lipinski definition) is 2. The number of nitrogens with one attached hydrogen (secondary N) is 1. The fraction of sp³-hybridized carbons (Fsp3) is 0.400. The Morgan fingerprint density at radius 1 is 1.42 bits per heavy atom. The monoisotopic (exact) mass is 277 g/mol. The largest absolute Gasteiger partial charge is 0.505 e. The molecule has 1 amide bonds. The first kappa shape index (κ1) is 12.5. The molecule has 1 aromatic carbocycles. The van der Waals surface area contributed by atoms with Crippen molar-refractivity contribution < 1.29 is 9.53 Å². The lowest BCUT2D eigenvalue weighted by Gasteiger charge is -2.69. The van der Waals surface area contributed by atoms with E-state index in [1.807, 2.05) is 0 Å². The topological polar surface area (TPSA) is 38.3 Å². The predicted octanol–water partition coefficient (Wildman–Crippen LogP) is 3.15. The van der Waals surface area contributed by atoms with Gasteiger partial charge in [-0.1, -0.05) is 17.7 Å². The van der Waals surface area contributed by atoms with E-state index >= 15 is 0 Å². The number of benzene rings is 1. The molecule has 3 saturated carbocycles. The van der Waals surface area contributed by atoms with E-state index in [-0.39, 0.29) is 16.9 Å². The molecule has 3 aliphatic carbocycles. The van der Waals surface area contributed by atoms with Crippen molar-refractivity contribution in [1.29, 1.82) is 0 Å². The maximum Gasteiger partial charge on any atom is 0.251 e. The molecular formula is C15H16ClNO2. The van der Waals surface area contributed by atoms with E-state index in [0.29, 0.717) is 10.6 Å². The summed E-state index contributed by atoms with van der Waals surface area (Å²) in [5.74, 6) is -0.0356. The highest BCUT2D eigenvalue weighted by molar-refractivity contribution is 6.30. The number of hydrogen-bond donors (Lipinski definition) is 1. The Morgan fingerprint density at radius 3 is 2.79 bits per heavy atom. The lowest BCUT2D eigenvalue weighted by molar-refractivity contribution is -0.110. The normalized spacial score (nSPS) is 31.5. The van der Waals surface area contributed by atoms with Gasteiger partial charge < -0.3 is 10.1 Å². The van der Waals surface area contributed by atoms with Gasteiger partial charge in [0.2, 0.25) is 0 Å². The van der Waals surface area contributed by atoms with Crippen molar-refractivity contribution in [2.45, 2.75) is 24.8 Å². The Balaban J connectivity index is 1.60. The second-order valence-corrected chi connectivity index (χ2v) is 6.11. The minimum Gasteiger partial charge on any atom is -0.505 e. The summed E-state index contributed by atoms with van der Waals surface area (Å²) in [4.78, 5) is 12.1. The first-order valence-electron chi connectivity index (χ1n) is 6.35. The van der Waals surface area contributed by atoms with Crippen LogP contribution < -0.4 is 5.32 Å². The van der Waals surface area contributed by atoms with Gasteiger partial charge in [-0.15, -0.1) is 0 Å². The van der Waals surface area contributed by atoms with Gasteiger partial charge in [0, 0.05) is 16.1 Å². The van der Waals surface area contributed by atoms with Gasteiger partial charge in [-0.25, -0.2) is 0 Å². The maximum atomic E-state index is 12.1. The van der Waals surface area contributed by atoms with Crippen molar-refractivity contribution in [1.82, 2.24) is 5.32 Å². The molecule has 0 atom stereocenters.